The minimum atomic E-state index is -0.187. The van der Waals surface area contributed by atoms with Crippen LogP contribution in [0.1, 0.15) is 108 Å². The van der Waals surface area contributed by atoms with Crippen LogP contribution in [0.4, 0.5) is 28.4 Å². The molecule has 0 unspecified atom stereocenters. The molecule has 0 fully saturated rings. The number of aromatic nitrogens is 1. The lowest BCUT2D eigenvalue weighted by molar-refractivity contribution is 0.569. The zero-order chi connectivity index (χ0) is 34.6. The van der Waals surface area contributed by atoms with E-state index >= 15 is 0 Å². The van der Waals surface area contributed by atoms with E-state index < -0.39 is 0 Å². The molecular formula is C45H48BN3. The van der Waals surface area contributed by atoms with E-state index in [9.17, 15) is 0 Å². The summed E-state index contributed by atoms with van der Waals surface area (Å²) in [7, 11) is 0. The largest absolute Gasteiger partial charge is 0.311 e. The molecule has 5 aromatic rings. The van der Waals surface area contributed by atoms with E-state index in [1.54, 1.807) is 0 Å². The molecule has 8 rings (SSSR count). The Morgan fingerprint density at radius 1 is 0.694 bits per heavy atom. The summed E-state index contributed by atoms with van der Waals surface area (Å²) in [5, 5.41) is 0. The first-order valence-electron chi connectivity index (χ1n) is 18.1. The maximum atomic E-state index is 5.22. The Labute approximate surface area is 293 Å². The molecule has 0 spiro atoms. The number of nitrogens with zero attached hydrogens (tertiary/aromatic N) is 3. The van der Waals surface area contributed by atoms with Gasteiger partial charge in [0.25, 0.3) is 6.71 Å². The van der Waals surface area contributed by atoms with Gasteiger partial charge in [0.05, 0.1) is 0 Å². The molecule has 4 aromatic carbocycles. The van der Waals surface area contributed by atoms with Crippen LogP contribution in [-0.4, -0.2) is 11.7 Å². The van der Waals surface area contributed by atoms with Gasteiger partial charge in [-0.3, -0.25) is 4.98 Å². The van der Waals surface area contributed by atoms with E-state index in [0.29, 0.717) is 11.8 Å². The number of fused-ring (bicyclic) bond motifs is 5. The second kappa shape index (κ2) is 11.0. The molecule has 1 aromatic heterocycles. The van der Waals surface area contributed by atoms with Crippen molar-refractivity contribution in [3.63, 3.8) is 0 Å². The van der Waals surface area contributed by atoms with Gasteiger partial charge in [0.2, 0.25) is 0 Å². The van der Waals surface area contributed by atoms with Crippen LogP contribution in [0.2, 0.25) is 0 Å². The van der Waals surface area contributed by atoms with Crippen LogP contribution in [0, 0.1) is 6.92 Å². The number of benzene rings is 4. The van der Waals surface area contributed by atoms with Crippen molar-refractivity contribution in [1.82, 2.24) is 4.98 Å². The van der Waals surface area contributed by atoms with E-state index in [1.807, 2.05) is 0 Å². The first kappa shape index (κ1) is 31.7. The molecule has 3 nitrogen and oxygen atoms in total. The highest BCUT2D eigenvalue weighted by Crippen LogP contribution is 2.56. The van der Waals surface area contributed by atoms with Gasteiger partial charge in [-0.15, -0.1) is 0 Å². The van der Waals surface area contributed by atoms with Crippen molar-refractivity contribution >= 4 is 51.8 Å². The lowest BCUT2D eigenvalue weighted by Gasteiger charge is -2.46. The summed E-state index contributed by atoms with van der Waals surface area (Å²) in [6, 6.07) is 34.8. The summed E-state index contributed by atoms with van der Waals surface area (Å²) in [6.45, 7) is 23.1. The van der Waals surface area contributed by atoms with Crippen LogP contribution in [0.15, 0.2) is 103 Å². The average molecular weight is 642 g/mol. The smallest absolute Gasteiger partial charge is 0.250 e. The van der Waals surface area contributed by atoms with Gasteiger partial charge in [0, 0.05) is 62.4 Å². The number of anilines is 5. The highest BCUT2D eigenvalue weighted by atomic mass is 15.2. The predicted molar refractivity (Wildman–Crippen MR) is 211 cm³/mol. The van der Waals surface area contributed by atoms with E-state index in [0.717, 1.165) is 5.69 Å². The highest BCUT2D eigenvalue weighted by molar-refractivity contribution is 6.96. The Kier molecular flexibility index (Phi) is 7.09. The van der Waals surface area contributed by atoms with Gasteiger partial charge in [-0.05, 0) is 94.4 Å². The Balaban J connectivity index is 1.48. The van der Waals surface area contributed by atoms with E-state index in [4.69, 9.17) is 4.98 Å². The Morgan fingerprint density at radius 3 is 1.82 bits per heavy atom. The normalized spacial score (nSPS) is 15.9. The standard InChI is InChI=1S/C45H48BN3/c1-27(2)30-15-19-32(20-16-30)48-37-25-40(44(6,7)8)47-26-36(37)46-41-38(48)23-29(5)24-39(41)49(33-21-17-31(18-22-33)28(3)4)42-34-13-11-12-14-35(34)45(9,10)43(42)46/h11-28H,1-10H3. The number of aryl methyl sites for hydroxylation is 1. The molecule has 4 heteroatoms. The monoisotopic (exact) mass is 641 g/mol. The van der Waals surface area contributed by atoms with E-state index in [1.165, 1.54) is 78.3 Å². The number of hydrogen-bond donors (Lipinski definition) is 0. The Bertz CT molecular complexity index is 2150. The van der Waals surface area contributed by atoms with Crippen molar-refractivity contribution in [3.05, 3.63) is 136 Å². The Hall–Kier alpha value is -4.57. The summed E-state index contributed by atoms with van der Waals surface area (Å²) in [5.74, 6) is 0.952. The summed E-state index contributed by atoms with van der Waals surface area (Å²) in [5.41, 5.74) is 19.1. The molecule has 3 aliphatic rings. The number of rotatable bonds is 4. The third kappa shape index (κ3) is 4.74. The maximum absolute atomic E-state index is 5.22. The molecule has 3 heterocycles. The van der Waals surface area contributed by atoms with E-state index in [-0.39, 0.29) is 17.5 Å². The van der Waals surface area contributed by atoms with Gasteiger partial charge in [-0.1, -0.05) is 116 Å². The van der Waals surface area contributed by atoms with Gasteiger partial charge >= 0.3 is 0 Å². The minimum absolute atomic E-state index is 0.0666. The van der Waals surface area contributed by atoms with Crippen LogP contribution in [0.25, 0.3) is 5.70 Å². The zero-order valence-electron chi connectivity index (χ0n) is 30.8. The SMILES string of the molecule is Cc1cc2c3c(c1)N(c1ccc(C(C)C)cc1)c1cc(C(C)(C)C)ncc1B3C1=C(c3ccccc3C1(C)C)N2c1ccc(C(C)C)cc1. The summed E-state index contributed by atoms with van der Waals surface area (Å²) < 4.78 is 0. The third-order valence-corrected chi connectivity index (χ3v) is 11.2. The quantitative estimate of drug-likeness (QED) is 0.182. The molecule has 246 valence electrons. The molecule has 0 N–H and O–H groups in total. The molecule has 0 saturated heterocycles. The van der Waals surface area contributed by atoms with Gasteiger partial charge in [0.1, 0.15) is 0 Å². The first-order valence-corrected chi connectivity index (χ1v) is 18.1. The van der Waals surface area contributed by atoms with Crippen LogP contribution >= 0.6 is 0 Å². The molecule has 2 aliphatic heterocycles. The van der Waals surface area contributed by atoms with Crippen LogP contribution in [-0.2, 0) is 10.8 Å². The lowest BCUT2D eigenvalue weighted by Crippen LogP contribution is -2.58. The number of hydrogen-bond acceptors (Lipinski definition) is 3. The fraction of sp³-hybridized carbons (Fsp3) is 0.311. The van der Waals surface area contributed by atoms with Gasteiger partial charge in [-0.2, -0.15) is 0 Å². The molecule has 0 radical (unpaired) electrons. The first-order chi connectivity index (χ1) is 23.3. The molecule has 0 atom stereocenters. The molecule has 0 bridgehead atoms. The maximum Gasteiger partial charge on any atom is 0.250 e. The van der Waals surface area contributed by atoms with Crippen LogP contribution in [0.5, 0.6) is 0 Å². The topological polar surface area (TPSA) is 19.4 Å². The lowest BCUT2D eigenvalue weighted by atomic mass is 9.30. The molecule has 0 saturated carbocycles. The summed E-state index contributed by atoms with van der Waals surface area (Å²) in [4.78, 5) is 10.3. The molecule has 0 amide bonds. The number of pyridine rings is 1. The molecule has 1 aliphatic carbocycles. The van der Waals surface area contributed by atoms with Crippen LogP contribution < -0.4 is 20.7 Å². The predicted octanol–water partition coefficient (Wildman–Crippen LogP) is 10.7. The highest BCUT2D eigenvalue weighted by Gasteiger charge is 2.53. The fourth-order valence-corrected chi connectivity index (χ4v) is 8.53. The second-order valence-electron chi connectivity index (χ2n) is 16.6. The molecular weight excluding hydrogens is 593 g/mol. The van der Waals surface area contributed by atoms with Crippen molar-refractivity contribution in [2.24, 2.45) is 0 Å². The van der Waals surface area contributed by atoms with Crippen molar-refractivity contribution in [2.45, 2.75) is 91.9 Å². The van der Waals surface area contributed by atoms with Crippen LogP contribution in [0.3, 0.4) is 0 Å². The van der Waals surface area contributed by atoms with Crippen molar-refractivity contribution in [1.29, 1.82) is 0 Å². The van der Waals surface area contributed by atoms with Gasteiger partial charge in [-0.25, -0.2) is 0 Å². The van der Waals surface area contributed by atoms with Gasteiger partial charge < -0.3 is 9.80 Å². The molecule has 49 heavy (non-hydrogen) atoms. The Morgan fingerprint density at radius 2 is 1.24 bits per heavy atom. The average Bonchev–Trinajstić information content (AvgIpc) is 3.30. The summed E-state index contributed by atoms with van der Waals surface area (Å²) in [6.07, 6.45) is 2.21. The van der Waals surface area contributed by atoms with Crippen molar-refractivity contribution in [3.8, 4) is 0 Å². The number of allylic oxidation sites excluding steroid dienone is 1. The van der Waals surface area contributed by atoms with Gasteiger partial charge in [0.15, 0.2) is 0 Å². The summed E-state index contributed by atoms with van der Waals surface area (Å²) >= 11 is 0. The minimum Gasteiger partial charge on any atom is -0.311 e. The van der Waals surface area contributed by atoms with E-state index in [2.05, 4.69) is 176 Å². The van der Waals surface area contributed by atoms with Crippen molar-refractivity contribution < 1.29 is 0 Å². The fourth-order valence-electron chi connectivity index (χ4n) is 8.53. The third-order valence-electron chi connectivity index (χ3n) is 11.2. The zero-order valence-corrected chi connectivity index (χ0v) is 30.8. The second-order valence-corrected chi connectivity index (χ2v) is 16.6. The van der Waals surface area contributed by atoms with Crippen molar-refractivity contribution in [2.75, 3.05) is 9.80 Å².